The first-order chi connectivity index (χ1) is 14.6. The quantitative estimate of drug-likeness (QED) is 0.254. The van der Waals surface area contributed by atoms with E-state index in [4.69, 9.17) is 5.11 Å². The van der Waals surface area contributed by atoms with Gasteiger partial charge in [0, 0.05) is 12.7 Å². The summed E-state index contributed by atoms with van der Waals surface area (Å²) in [5, 5.41) is 15.5. The molecule has 0 unspecified atom stereocenters. The maximum atomic E-state index is 12.0. The van der Waals surface area contributed by atoms with Crippen molar-refractivity contribution in [2.24, 2.45) is 0 Å². The Balaban J connectivity index is 1.84. The number of aliphatic carboxylic acids is 1. The van der Waals surface area contributed by atoms with Gasteiger partial charge in [0.05, 0.1) is 11.8 Å². The maximum Gasteiger partial charge on any atom is 0.325 e. The molecule has 30 heavy (non-hydrogen) atoms. The highest BCUT2D eigenvalue weighted by Crippen LogP contribution is 2.13. The van der Waals surface area contributed by atoms with E-state index in [0.29, 0.717) is 12.1 Å². The molecule has 1 aromatic heterocycles. The van der Waals surface area contributed by atoms with E-state index in [1.54, 1.807) is 0 Å². The molecule has 0 atom stereocenters. The van der Waals surface area contributed by atoms with E-state index in [2.05, 4.69) is 17.3 Å². The molecule has 0 saturated carbocycles. The summed E-state index contributed by atoms with van der Waals surface area (Å²) in [4.78, 5) is 22.6. The standard InChI is InChI=1S/C24H43N3O3/c1-2-3-4-5-6-7-8-9-10-11-12-13-14-15-16-17-18-25-24(30)22-19-26-27(20-22)21-23(28)29/h19-20H,2-18,21H2,1H3,(H,25,30)(H,28,29). The third kappa shape index (κ3) is 14.2. The highest BCUT2D eigenvalue weighted by atomic mass is 16.4. The number of hydrogen-bond donors (Lipinski definition) is 2. The van der Waals surface area contributed by atoms with Crippen molar-refractivity contribution in [1.29, 1.82) is 0 Å². The molecule has 0 radical (unpaired) electrons. The van der Waals surface area contributed by atoms with E-state index < -0.39 is 5.97 Å². The number of rotatable bonds is 20. The van der Waals surface area contributed by atoms with E-state index in [9.17, 15) is 9.59 Å². The smallest absolute Gasteiger partial charge is 0.325 e. The zero-order chi connectivity index (χ0) is 21.9. The van der Waals surface area contributed by atoms with Crippen LogP contribution in [-0.2, 0) is 11.3 Å². The van der Waals surface area contributed by atoms with Crippen LogP contribution in [-0.4, -0.2) is 33.3 Å². The molecule has 1 rings (SSSR count). The van der Waals surface area contributed by atoms with Crippen LogP contribution in [0.4, 0.5) is 0 Å². The molecule has 0 saturated heterocycles. The number of carboxylic acids is 1. The van der Waals surface area contributed by atoms with Gasteiger partial charge in [-0.3, -0.25) is 14.3 Å². The Morgan fingerprint density at radius 3 is 1.77 bits per heavy atom. The van der Waals surface area contributed by atoms with Gasteiger partial charge in [-0.25, -0.2) is 0 Å². The van der Waals surface area contributed by atoms with Gasteiger partial charge in [0.15, 0.2) is 0 Å². The van der Waals surface area contributed by atoms with Crippen molar-refractivity contribution in [1.82, 2.24) is 15.1 Å². The van der Waals surface area contributed by atoms with Crippen LogP contribution >= 0.6 is 0 Å². The largest absolute Gasteiger partial charge is 0.480 e. The summed E-state index contributed by atoms with van der Waals surface area (Å²) in [5.74, 6) is -1.16. The van der Waals surface area contributed by atoms with Gasteiger partial charge in [0.2, 0.25) is 0 Å². The van der Waals surface area contributed by atoms with E-state index in [1.165, 1.54) is 107 Å². The second kappa shape index (κ2) is 18.0. The summed E-state index contributed by atoms with van der Waals surface area (Å²) in [5.41, 5.74) is 0.410. The van der Waals surface area contributed by atoms with Crippen molar-refractivity contribution in [3.8, 4) is 0 Å². The molecule has 0 spiro atoms. The van der Waals surface area contributed by atoms with E-state index in [1.807, 2.05) is 0 Å². The predicted octanol–water partition coefficient (Wildman–Crippen LogP) is 5.96. The Bertz CT molecular complexity index is 572. The second-order valence-electron chi connectivity index (χ2n) is 8.38. The molecule has 1 heterocycles. The summed E-state index contributed by atoms with van der Waals surface area (Å²) in [6.07, 6.45) is 24.2. The van der Waals surface area contributed by atoms with Gasteiger partial charge in [-0.05, 0) is 6.42 Å². The Morgan fingerprint density at radius 2 is 1.30 bits per heavy atom. The summed E-state index contributed by atoms with van der Waals surface area (Å²) in [6.45, 7) is 2.69. The van der Waals surface area contributed by atoms with Crippen LogP contribution in [0.5, 0.6) is 0 Å². The fourth-order valence-electron chi connectivity index (χ4n) is 3.68. The number of aromatic nitrogens is 2. The highest BCUT2D eigenvalue weighted by Gasteiger charge is 2.09. The SMILES string of the molecule is CCCCCCCCCCCCCCCCCCNC(=O)c1cnn(CC(=O)O)c1. The maximum absolute atomic E-state index is 12.0. The van der Waals surface area contributed by atoms with Gasteiger partial charge in [-0.2, -0.15) is 5.10 Å². The molecule has 2 N–H and O–H groups in total. The molecular formula is C24H43N3O3. The zero-order valence-corrected chi connectivity index (χ0v) is 19.0. The summed E-state index contributed by atoms with van der Waals surface area (Å²) >= 11 is 0. The van der Waals surface area contributed by atoms with Crippen molar-refractivity contribution < 1.29 is 14.7 Å². The van der Waals surface area contributed by atoms with Gasteiger partial charge >= 0.3 is 5.97 Å². The molecule has 0 fully saturated rings. The van der Waals surface area contributed by atoms with Crippen LogP contribution in [0.3, 0.4) is 0 Å². The fraction of sp³-hybridized carbons (Fsp3) is 0.792. The van der Waals surface area contributed by atoms with Gasteiger partial charge < -0.3 is 10.4 Å². The van der Waals surface area contributed by atoms with Gasteiger partial charge in [-0.15, -0.1) is 0 Å². The van der Waals surface area contributed by atoms with Crippen molar-refractivity contribution in [2.45, 2.75) is 116 Å². The minimum absolute atomic E-state index is 0.187. The Labute approximate surface area is 182 Å². The number of carbonyl (C=O) groups excluding carboxylic acids is 1. The molecule has 6 heteroatoms. The predicted molar refractivity (Wildman–Crippen MR) is 122 cm³/mol. The summed E-state index contributed by atoms with van der Waals surface area (Å²) in [6, 6.07) is 0. The summed E-state index contributed by atoms with van der Waals surface area (Å²) in [7, 11) is 0. The van der Waals surface area contributed by atoms with E-state index in [-0.39, 0.29) is 12.5 Å². The fourth-order valence-corrected chi connectivity index (χ4v) is 3.68. The molecule has 1 amide bonds. The normalized spacial score (nSPS) is 11.0. The first-order valence-electron chi connectivity index (χ1n) is 12.2. The number of nitrogens with one attached hydrogen (secondary N) is 1. The van der Waals surface area contributed by atoms with Crippen LogP contribution < -0.4 is 5.32 Å². The number of amides is 1. The molecule has 0 aliphatic rings. The molecule has 0 aromatic carbocycles. The molecule has 6 nitrogen and oxygen atoms in total. The molecule has 0 bridgehead atoms. The Morgan fingerprint density at radius 1 is 0.833 bits per heavy atom. The topological polar surface area (TPSA) is 84.2 Å². The van der Waals surface area contributed by atoms with Crippen LogP contribution in [0.15, 0.2) is 12.4 Å². The number of hydrogen-bond acceptors (Lipinski definition) is 3. The molecule has 1 aromatic rings. The molecule has 0 aliphatic carbocycles. The number of carboxylic acid groups (broad SMARTS) is 1. The number of nitrogens with zero attached hydrogens (tertiary/aromatic N) is 2. The van der Waals surface area contributed by atoms with Gasteiger partial charge in [0.25, 0.3) is 5.91 Å². The first-order valence-corrected chi connectivity index (χ1v) is 12.2. The van der Waals surface area contributed by atoms with Crippen molar-refractivity contribution in [3.63, 3.8) is 0 Å². The van der Waals surface area contributed by atoms with Gasteiger partial charge in [0.1, 0.15) is 6.54 Å². The molecule has 172 valence electrons. The Hall–Kier alpha value is -1.85. The highest BCUT2D eigenvalue weighted by molar-refractivity contribution is 5.93. The minimum atomic E-state index is -0.974. The first kappa shape index (κ1) is 26.2. The van der Waals surface area contributed by atoms with E-state index >= 15 is 0 Å². The van der Waals surface area contributed by atoms with E-state index in [0.717, 1.165) is 12.8 Å². The van der Waals surface area contributed by atoms with Crippen LogP contribution in [0.1, 0.15) is 120 Å². The third-order valence-electron chi connectivity index (χ3n) is 5.51. The zero-order valence-electron chi connectivity index (χ0n) is 19.0. The number of unbranched alkanes of at least 4 members (excludes halogenated alkanes) is 15. The lowest BCUT2D eigenvalue weighted by Gasteiger charge is -2.05. The number of carbonyl (C=O) groups is 2. The average molecular weight is 422 g/mol. The summed E-state index contributed by atoms with van der Waals surface area (Å²) < 4.78 is 1.26. The van der Waals surface area contributed by atoms with Crippen LogP contribution in [0.25, 0.3) is 0 Å². The molecular weight excluding hydrogens is 378 g/mol. The van der Waals surface area contributed by atoms with Crippen molar-refractivity contribution in [3.05, 3.63) is 18.0 Å². The minimum Gasteiger partial charge on any atom is -0.480 e. The van der Waals surface area contributed by atoms with Crippen molar-refractivity contribution >= 4 is 11.9 Å². The lowest BCUT2D eigenvalue weighted by Crippen LogP contribution is -2.24. The lowest BCUT2D eigenvalue weighted by molar-refractivity contribution is -0.137. The van der Waals surface area contributed by atoms with Gasteiger partial charge in [-0.1, -0.05) is 103 Å². The third-order valence-corrected chi connectivity index (χ3v) is 5.51. The van der Waals surface area contributed by atoms with Crippen LogP contribution in [0.2, 0.25) is 0 Å². The second-order valence-corrected chi connectivity index (χ2v) is 8.38. The lowest BCUT2D eigenvalue weighted by atomic mass is 10.0. The van der Waals surface area contributed by atoms with Crippen LogP contribution in [0, 0.1) is 0 Å². The Kier molecular flexibility index (Phi) is 15.7. The monoisotopic (exact) mass is 421 g/mol. The average Bonchev–Trinajstić information content (AvgIpc) is 3.18. The van der Waals surface area contributed by atoms with Crippen molar-refractivity contribution in [2.75, 3.05) is 6.54 Å². The molecule has 0 aliphatic heterocycles.